The lowest BCUT2D eigenvalue weighted by Gasteiger charge is -2.20. The molecule has 0 saturated carbocycles. The maximum atomic E-state index is 12.8. The Balaban J connectivity index is 1.58. The number of carbonyl (C=O) groups excluding carboxylic acids is 2. The fraction of sp³-hybridized carbons (Fsp3) is 0.200. The van der Waals surface area contributed by atoms with E-state index in [1.807, 2.05) is 31.2 Å². The molecule has 2 heterocycles. The van der Waals surface area contributed by atoms with Gasteiger partial charge in [0.15, 0.2) is 5.82 Å². The zero-order chi connectivity index (χ0) is 21.3. The van der Waals surface area contributed by atoms with Gasteiger partial charge >= 0.3 is 0 Å². The molecule has 1 aromatic heterocycles. The van der Waals surface area contributed by atoms with E-state index in [1.54, 1.807) is 35.9 Å². The molecule has 10 nitrogen and oxygen atoms in total. The highest BCUT2D eigenvalue weighted by atomic mass is 16.2. The molecule has 0 saturated heterocycles. The van der Waals surface area contributed by atoms with Crippen molar-refractivity contribution in [3.05, 3.63) is 59.9 Å². The van der Waals surface area contributed by atoms with Crippen LogP contribution in [-0.4, -0.2) is 43.8 Å². The molecule has 1 atom stereocenters. The van der Waals surface area contributed by atoms with Gasteiger partial charge in [-0.1, -0.05) is 24.3 Å². The molecule has 2 amide bonds. The van der Waals surface area contributed by atoms with E-state index in [2.05, 4.69) is 25.9 Å². The summed E-state index contributed by atoms with van der Waals surface area (Å²) >= 11 is 0. The molecule has 0 bridgehead atoms. The molecule has 152 valence electrons. The molecule has 2 aromatic carbocycles. The molecule has 10 heteroatoms. The van der Waals surface area contributed by atoms with Gasteiger partial charge in [-0.2, -0.15) is 9.78 Å². The number of aryl methyl sites for hydroxylation is 2. The molecule has 0 aliphatic carbocycles. The summed E-state index contributed by atoms with van der Waals surface area (Å²) in [5.41, 5.74) is 8.72. The van der Waals surface area contributed by atoms with Crippen molar-refractivity contribution in [1.29, 1.82) is 0 Å². The maximum Gasteiger partial charge on any atom is 0.271 e. The molecule has 3 aromatic rings. The van der Waals surface area contributed by atoms with Gasteiger partial charge in [-0.15, -0.1) is 5.10 Å². The number of nitrogens with two attached hydrogens (primary N) is 1. The predicted molar refractivity (Wildman–Crippen MR) is 111 cm³/mol. The Morgan fingerprint density at radius 2 is 1.90 bits per heavy atom. The third-order valence-electron chi connectivity index (χ3n) is 4.84. The minimum absolute atomic E-state index is 0.126. The van der Waals surface area contributed by atoms with Gasteiger partial charge in [0.2, 0.25) is 5.91 Å². The summed E-state index contributed by atoms with van der Waals surface area (Å²) in [7, 11) is 0. The number of para-hydroxylation sites is 1. The van der Waals surface area contributed by atoms with Crippen LogP contribution in [0.15, 0.2) is 53.6 Å². The number of carbonyl (C=O) groups is 2. The lowest BCUT2D eigenvalue weighted by molar-refractivity contribution is -0.119. The Morgan fingerprint density at radius 3 is 2.57 bits per heavy atom. The fourth-order valence-corrected chi connectivity index (χ4v) is 3.26. The Bertz CT molecular complexity index is 1140. The number of nitrogens with zero attached hydrogens (tertiary/aromatic N) is 6. The minimum atomic E-state index is -0.717. The Morgan fingerprint density at radius 1 is 1.13 bits per heavy atom. The van der Waals surface area contributed by atoms with E-state index in [4.69, 9.17) is 5.73 Å². The number of amides is 2. The van der Waals surface area contributed by atoms with Gasteiger partial charge < -0.3 is 11.1 Å². The smallest absolute Gasteiger partial charge is 0.271 e. The van der Waals surface area contributed by atoms with Crippen LogP contribution in [0.1, 0.15) is 17.8 Å². The van der Waals surface area contributed by atoms with E-state index >= 15 is 0 Å². The van der Waals surface area contributed by atoms with Gasteiger partial charge in [0.25, 0.3) is 5.91 Å². The van der Waals surface area contributed by atoms with Crippen molar-refractivity contribution < 1.29 is 9.59 Å². The van der Waals surface area contributed by atoms with E-state index in [0.29, 0.717) is 17.2 Å². The number of anilines is 2. The number of nitrogens with one attached hydrogen (secondary N) is 1. The molecule has 3 N–H and O–H groups in total. The highest BCUT2D eigenvalue weighted by Gasteiger charge is 2.35. The molecule has 30 heavy (non-hydrogen) atoms. The second-order valence-corrected chi connectivity index (χ2v) is 6.94. The van der Waals surface area contributed by atoms with Crippen molar-refractivity contribution in [2.24, 2.45) is 10.8 Å². The van der Waals surface area contributed by atoms with E-state index in [1.165, 1.54) is 5.01 Å². The molecule has 0 fully saturated rings. The van der Waals surface area contributed by atoms with Gasteiger partial charge in [-0.05, 0) is 54.1 Å². The number of rotatable bonds is 5. The normalized spacial score (nSPS) is 15.7. The number of hydrogen-bond donors (Lipinski definition) is 2. The summed E-state index contributed by atoms with van der Waals surface area (Å²) in [5.74, 6) is -0.315. The quantitative estimate of drug-likeness (QED) is 0.660. The Labute approximate surface area is 172 Å². The lowest BCUT2D eigenvalue weighted by atomic mass is 10.1. The van der Waals surface area contributed by atoms with E-state index in [9.17, 15) is 9.59 Å². The number of hydrazone groups is 1. The van der Waals surface area contributed by atoms with E-state index in [0.717, 1.165) is 11.3 Å². The number of aromatic nitrogens is 4. The Kier molecular flexibility index (Phi) is 4.97. The lowest BCUT2D eigenvalue weighted by Crippen LogP contribution is -2.39. The summed E-state index contributed by atoms with van der Waals surface area (Å²) < 4.78 is 1.60. The fourth-order valence-electron chi connectivity index (χ4n) is 3.26. The van der Waals surface area contributed by atoms with Crippen LogP contribution in [0.2, 0.25) is 0 Å². The number of benzene rings is 2. The van der Waals surface area contributed by atoms with E-state index in [-0.39, 0.29) is 12.1 Å². The zero-order valence-electron chi connectivity index (χ0n) is 16.5. The van der Waals surface area contributed by atoms with Crippen LogP contribution in [0, 0.1) is 13.8 Å². The number of tetrazole rings is 1. The molecule has 1 aliphatic rings. The summed E-state index contributed by atoms with van der Waals surface area (Å²) in [6.07, 6.45) is 0.126. The van der Waals surface area contributed by atoms with Gasteiger partial charge in [0.1, 0.15) is 11.8 Å². The highest BCUT2D eigenvalue weighted by Crippen LogP contribution is 2.25. The predicted octanol–water partition coefficient (Wildman–Crippen LogP) is 1.34. The van der Waals surface area contributed by atoms with E-state index < -0.39 is 17.9 Å². The average molecular weight is 404 g/mol. The third-order valence-corrected chi connectivity index (χ3v) is 4.84. The van der Waals surface area contributed by atoms with Gasteiger partial charge in [0, 0.05) is 12.1 Å². The van der Waals surface area contributed by atoms with Crippen molar-refractivity contribution in [2.75, 3.05) is 10.3 Å². The number of hydrogen-bond acceptors (Lipinski definition) is 7. The van der Waals surface area contributed by atoms with Crippen molar-refractivity contribution in [3.63, 3.8) is 0 Å². The summed E-state index contributed by atoms with van der Waals surface area (Å²) in [6.45, 7) is 3.72. The molecule has 0 spiro atoms. The number of primary amides is 1. The molecular weight excluding hydrogens is 384 g/mol. The zero-order valence-corrected chi connectivity index (χ0v) is 16.5. The topological polar surface area (TPSA) is 131 Å². The van der Waals surface area contributed by atoms with Crippen molar-refractivity contribution in [2.45, 2.75) is 26.3 Å². The van der Waals surface area contributed by atoms with Crippen LogP contribution in [0.3, 0.4) is 0 Å². The largest absolute Gasteiger partial charge is 0.368 e. The molecule has 0 radical (unpaired) electrons. The van der Waals surface area contributed by atoms with Gasteiger partial charge in [-0.3, -0.25) is 14.6 Å². The standard InChI is InChI=1S/C20H20N8O2/c1-12-8-9-14(10-17(12)27-13(2)23-25-26-27)22-20(30)16-11-18(19(21)29)28(24-16)15-6-4-3-5-7-15/h3-10,18H,11H2,1-2H3,(H2,21,29)(H,22,30). The minimum Gasteiger partial charge on any atom is -0.368 e. The molecule has 4 rings (SSSR count). The van der Waals surface area contributed by atoms with Crippen molar-refractivity contribution in [3.8, 4) is 5.69 Å². The van der Waals surface area contributed by atoms with Crippen LogP contribution in [-0.2, 0) is 9.59 Å². The van der Waals surface area contributed by atoms with Crippen LogP contribution in [0.5, 0.6) is 0 Å². The molecule has 1 aliphatic heterocycles. The Hall–Kier alpha value is -4.08. The van der Waals surface area contributed by atoms with Crippen molar-refractivity contribution >= 4 is 28.9 Å². The second-order valence-electron chi connectivity index (χ2n) is 6.94. The summed E-state index contributed by atoms with van der Waals surface area (Å²) in [5, 5.41) is 20.2. The SMILES string of the molecule is Cc1ccc(NC(=O)C2=NN(c3ccccc3)C(C(N)=O)C2)cc1-n1nnnc1C. The second kappa shape index (κ2) is 7.74. The van der Waals surface area contributed by atoms with Crippen LogP contribution in [0.25, 0.3) is 5.69 Å². The third kappa shape index (κ3) is 3.62. The van der Waals surface area contributed by atoms with Gasteiger partial charge in [0.05, 0.1) is 11.4 Å². The maximum absolute atomic E-state index is 12.8. The van der Waals surface area contributed by atoms with Crippen LogP contribution < -0.4 is 16.1 Å². The first-order chi connectivity index (χ1) is 14.4. The molecular formula is C20H20N8O2. The first kappa shape index (κ1) is 19.2. The van der Waals surface area contributed by atoms with Crippen LogP contribution >= 0.6 is 0 Å². The average Bonchev–Trinajstić information content (AvgIpc) is 3.37. The van der Waals surface area contributed by atoms with Crippen LogP contribution in [0.4, 0.5) is 11.4 Å². The highest BCUT2D eigenvalue weighted by molar-refractivity contribution is 6.44. The monoisotopic (exact) mass is 404 g/mol. The first-order valence-corrected chi connectivity index (χ1v) is 9.32. The summed E-state index contributed by atoms with van der Waals surface area (Å²) in [6, 6.07) is 13.8. The molecule has 1 unspecified atom stereocenters. The van der Waals surface area contributed by atoms with Crippen molar-refractivity contribution in [1.82, 2.24) is 20.2 Å². The van der Waals surface area contributed by atoms with Gasteiger partial charge in [-0.25, -0.2) is 0 Å². The first-order valence-electron chi connectivity index (χ1n) is 9.32. The summed E-state index contributed by atoms with van der Waals surface area (Å²) in [4.78, 5) is 24.8.